The average molecular weight is 326 g/mol. The van der Waals surface area contributed by atoms with Crippen molar-refractivity contribution in [2.24, 2.45) is 0 Å². The van der Waals surface area contributed by atoms with Gasteiger partial charge in [0.2, 0.25) is 0 Å². The Hall–Kier alpha value is -0.830. The molecule has 106 valence electrons. The molecule has 1 rings (SSSR count). The van der Waals surface area contributed by atoms with Gasteiger partial charge in [0, 0.05) is 21.3 Å². The molecule has 2 nitrogen and oxygen atoms in total. The van der Waals surface area contributed by atoms with E-state index in [2.05, 4.69) is 42.0 Å². The van der Waals surface area contributed by atoms with Crippen LogP contribution >= 0.6 is 15.9 Å². The SMILES string of the molecule is CCCC(C)(CCC)Nc1cc(Br)ccc1C(C)=O. The van der Waals surface area contributed by atoms with E-state index in [0.29, 0.717) is 0 Å². The minimum absolute atomic E-state index is 0.0501. The van der Waals surface area contributed by atoms with Crippen molar-refractivity contribution in [3.63, 3.8) is 0 Å². The van der Waals surface area contributed by atoms with Crippen LogP contribution in [-0.4, -0.2) is 11.3 Å². The molecule has 3 heteroatoms. The summed E-state index contributed by atoms with van der Waals surface area (Å²) in [6.07, 6.45) is 4.47. The first-order valence-electron chi connectivity index (χ1n) is 7.00. The van der Waals surface area contributed by atoms with Crippen LogP contribution in [-0.2, 0) is 0 Å². The molecular formula is C16H24BrNO. The summed E-state index contributed by atoms with van der Waals surface area (Å²) in [5.41, 5.74) is 1.75. The number of Topliss-reactive ketones (excluding diaryl/α,β-unsaturated/α-hetero) is 1. The van der Waals surface area contributed by atoms with E-state index in [1.54, 1.807) is 6.92 Å². The minimum Gasteiger partial charge on any atom is -0.379 e. The normalized spacial score (nSPS) is 11.4. The summed E-state index contributed by atoms with van der Waals surface area (Å²) in [6.45, 7) is 8.25. The molecule has 1 aromatic carbocycles. The predicted molar refractivity (Wildman–Crippen MR) is 86.0 cm³/mol. The number of rotatable bonds is 7. The summed E-state index contributed by atoms with van der Waals surface area (Å²) in [6, 6.07) is 5.80. The second kappa shape index (κ2) is 7.09. The second-order valence-corrected chi connectivity index (χ2v) is 6.35. The summed E-state index contributed by atoms with van der Waals surface area (Å²) in [5, 5.41) is 3.60. The van der Waals surface area contributed by atoms with Crippen molar-refractivity contribution in [3.05, 3.63) is 28.2 Å². The number of nitrogens with one attached hydrogen (secondary N) is 1. The standard InChI is InChI=1S/C16H24BrNO/c1-5-9-16(4,10-6-2)18-15-11-13(17)7-8-14(15)12(3)19/h7-8,11,18H,5-6,9-10H2,1-4H3. The lowest BCUT2D eigenvalue weighted by Crippen LogP contribution is -2.35. The third-order valence-electron chi connectivity index (χ3n) is 3.40. The molecule has 1 N–H and O–H groups in total. The molecule has 0 aliphatic carbocycles. The van der Waals surface area contributed by atoms with Gasteiger partial charge in [0.25, 0.3) is 0 Å². The van der Waals surface area contributed by atoms with Crippen LogP contribution in [0.5, 0.6) is 0 Å². The van der Waals surface area contributed by atoms with Gasteiger partial charge in [0.15, 0.2) is 5.78 Å². The fraction of sp³-hybridized carbons (Fsp3) is 0.562. The van der Waals surface area contributed by atoms with E-state index in [0.717, 1.165) is 41.4 Å². The van der Waals surface area contributed by atoms with Gasteiger partial charge in [-0.3, -0.25) is 4.79 Å². The molecule has 0 radical (unpaired) electrons. The van der Waals surface area contributed by atoms with E-state index < -0.39 is 0 Å². The van der Waals surface area contributed by atoms with Crippen LogP contribution in [0, 0.1) is 0 Å². The van der Waals surface area contributed by atoms with Crippen molar-refractivity contribution < 1.29 is 4.79 Å². The van der Waals surface area contributed by atoms with Gasteiger partial charge in [-0.15, -0.1) is 0 Å². The van der Waals surface area contributed by atoms with E-state index in [-0.39, 0.29) is 11.3 Å². The van der Waals surface area contributed by atoms with Crippen LogP contribution in [0.3, 0.4) is 0 Å². The Balaban J connectivity index is 3.07. The molecule has 0 aromatic heterocycles. The fourth-order valence-corrected chi connectivity index (χ4v) is 2.97. The highest BCUT2D eigenvalue weighted by molar-refractivity contribution is 9.10. The van der Waals surface area contributed by atoms with Crippen molar-refractivity contribution in [1.29, 1.82) is 0 Å². The third-order valence-corrected chi connectivity index (χ3v) is 3.89. The lowest BCUT2D eigenvalue weighted by molar-refractivity contribution is 0.101. The zero-order valence-corrected chi connectivity index (χ0v) is 13.9. The van der Waals surface area contributed by atoms with Crippen molar-refractivity contribution in [3.8, 4) is 0 Å². The molecule has 1 aromatic rings. The quantitative estimate of drug-likeness (QED) is 0.678. The van der Waals surface area contributed by atoms with Crippen LogP contribution in [0.4, 0.5) is 5.69 Å². The summed E-state index contributed by atoms with van der Waals surface area (Å²) >= 11 is 3.48. The number of halogens is 1. The third kappa shape index (κ3) is 4.64. The maximum atomic E-state index is 11.7. The Labute approximate surface area is 125 Å². The van der Waals surface area contributed by atoms with Crippen molar-refractivity contribution in [2.75, 3.05) is 5.32 Å². The number of ketones is 1. The molecule has 0 atom stereocenters. The molecule has 0 spiro atoms. The first kappa shape index (κ1) is 16.2. The van der Waals surface area contributed by atoms with Crippen molar-refractivity contribution >= 4 is 27.4 Å². The summed E-state index contributed by atoms with van der Waals surface area (Å²) in [4.78, 5) is 11.7. The smallest absolute Gasteiger partial charge is 0.161 e. The molecule has 0 bridgehead atoms. The van der Waals surface area contributed by atoms with Crippen LogP contribution in [0.15, 0.2) is 22.7 Å². The molecule has 0 saturated heterocycles. The van der Waals surface area contributed by atoms with Gasteiger partial charge in [-0.25, -0.2) is 0 Å². The fourth-order valence-electron chi connectivity index (χ4n) is 2.61. The summed E-state index contributed by atoms with van der Waals surface area (Å²) < 4.78 is 0.996. The molecule has 0 saturated carbocycles. The van der Waals surface area contributed by atoms with Gasteiger partial charge < -0.3 is 5.32 Å². The topological polar surface area (TPSA) is 29.1 Å². The van der Waals surface area contributed by atoms with Crippen molar-refractivity contribution in [1.82, 2.24) is 0 Å². The number of carbonyl (C=O) groups is 1. The highest BCUT2D eigenvalue weighted by atomic mass is 79.9. The molecule has 0 aliphatic heterocycles. The first-order chi connectivity index (χ1) is 8.91. The van der Waals surface area contributed by atoms with E-state index >= 15 is 0 Å². The maximum absolute atomic E-state index is 11.7. The first-order valence-corrected chi connectivity index (χ1v) is 7.80. The second-order valence-electron chi connectivity index (χ2n) is 5.43. The van der Waals surface area contributed by atoms with Crippen LogP contribution in [0.25, 0.3) is 0 Å². The highest BCUT2D eigenvalue weighted by Gasteiger charge is 2.23. The number of hydrogen-bond acceptors (Lipinski definition) is 2. The molecule has 0 aliphatic rings. The monoisotopic (exact) mass is 325 g/mol. The van der Waals surface area contributed by atoms with Gasteiger partial charge in [-0.05, 0) is 44.9 Å². The summed E-state index contributed by atoms with van der Waals surface area (Å²) in [7, 11) is 0. The van der Waals surface area contributed by atoms with E-state index in [1.165, 1.54) is 0 Å². The Morgan fingerprint density at radius 3 is 2.32 bits per heavy atom. The zero-order valence-electron chi connectivity index (χ0n) is 12.3. The van der Waals surface area contributed by atoms with Crippen molar-refractivity contribution in [2.45, 2.75) is 58.9 Å². The number of anilines is 1. The Kier molecular flexibility index (Phi) is 6.05. The van der Waals surface area contributed by atoms with Gasteiger partial charge in [-0.1, -0.05) is 42.6 Å². The lowest BCUT2D eigenvalue weighted by Gasteiger charge is -2.32. The maximum Gasteiger partial charge on any atom is 0.161 e. The van der Waals surface area contributed by atoms with Gasteiger partial charge in [-0.2, -0.15) is 0 Å². The van der Waals surface area contributed by atoms with E-state index in [1.807, 2.05) is 18.2 Å². The minimum atomic E-state index is 0.0501. The number of benzene rings is 1. The van der Waals surface area contributed by atoms with Gasteiger partial charge in [0.05, 0.1) is 0 Å². The Bertz CT molecular complexity index is 436. The van der Waals surface area contributed by atoms with Gasteiger partial charge >= 0.3 is 0 Å². The summed E-state index contributed by atoms with van der Waals surface area (Å²) in [5.74, 6) is 0.102. The molecule has 0 heterocycles. The van der Waals surface area contributed by atoms with Crippen LogP contribution in [0.1, 0.15) is 63.7 Å². The number of carbonyl (C=O) groups excluding carboxylic acids is 1. The Morgan fingerprint density at radius 2 is 1.84 bits per heavy atom. The van der Waals surface area contributed by atoms with Crippen LogP contribution < -0.4 is 5.32 Å². The average Bonchev–Trinajstić information content (AvgIpc) is 2.28. The van der Waals surface area contributed by atoms with E-state index in [9.17, 15) is 4.79 Å². The predicted octanol–water partition coefficient (Wildman–Crippen LogP) is 5.42. The zero-order chi connectivity index (χ0) is 14.5. The van der Waals surface area contributed by atoms with E-state index in [4.69, 9.17) is 0 Å². The number of hydrogen-bond donors (Lipinski definition) is 1. The highest BCUT2D eigenvalue weighted by Crippen LogP contribution is 2.29. The molecule has 0 fully saturated rings. The lowest BCUT2D eigenvalue weighted by atomic mass is 9.90. The van der Waals surface area contributed by atoms with Crippen LogP contribution in [0.2, 0.25) is 0 Å². The molecule has 0 amide bonds. The Morgan fingerprint density at radius 1 is 1.26 bits per heavy atom. The molecule has 19 heavy (non-hydrogen) atoms. The molecule has 0 unspecified atom stereocenters. The molecular weight excluding hydrogens is 302 g/mol. The largest absolute Gasteiger partial charge is 0.379 e. The van der Waals surface area contributed by atoms with Gasteiger partial charge in [0.1, 0.15) is 0 Å².